The highest BCUT2D eigenvalue weighted by atomic mass is 15.2. The van der Waals surface area contributed by atoms with Gasteiger partial charge in [0.25, 0.3) is 0 Å². The Kier molecular flexibility index (Phi) is 4.21. The molecule has 0 bridgehead atoms. The van der Waals surface area contributed by atoms with Gasteiger partial charge >= 0.3 is 0 Å². The fraction of sp³-hybridized carbons (Fsp3) is 0.300. The highest BCUT2D eigenvalue weighted by Crippen LogP contribution is 2.35. The molecule has 1 atom stereocenters. The minimum atomic E-state index is 0.108. The zero-order valence-electron chi connectivity index (χ0n) is 12.5. The van der Waals surface area contributed by atoms with E-state index in [2.05, 4.69) is 78.2 Å². The van der Waals surface area contributed by atoms with E-state index < -0.39 is 0 Å². The predicted octanol–water partition coefficient (Wildman–Crippen LogP) is 4.45. The van der Waals surface area contributed by atoms with Crippen LogP contribution in [0.3, 0.4) is 0 Å². The van der Waals surface area contributed by atoms with E-state index in [9.17, 15) is 0 Å². The number of benzene rings is 2. The molecule has 108 valence electrons. The van der Waals surface area contributed by atoms with Gasteiger partial charge < -0.3 is 0 Å². The summed E-state index contributed by atoms with van der Waals surface area (Å²) in [6, 6.07) is 21.6. The molecule has 2 aromatic rings. The van der Waals surface area contributed by atoms with Crippen LogP contribution in [0.2, 0.25) is 0 Å². The van der Waals surface area contributed by atoms with Crippen molar-refractivity contribution in [1.82, 2.24) is 4.90 Å². The lowest BCUT2D eigenvalue weighted by molar-refractivity contribution is 0.175. The van der Waals surface area contributed by atoms with Crippen molar-refractivity contribution in [3.63, 3.8) is 0 Å². The molecule has 1 saturated heterocycles. The van der Waals surface area contributed by atoms with E-state index in [1.807, 2.05) is 0 Å². The zero-order valence-corrected chi connectivity index (χ0v) is 12.5. The summed E-state index contributed by atoms with van der Waals surface area (Å²) in [5, 5.41) is 0. The molecule has 0 N–H and O–H groups in total. The molecule has 1 nitrogen and oxygen atoms in total. The number of likely N-dealkylation sites (tertiary alicyclic amines) is 1. The quantitative estimate of drug-likeness (QED) is 0.730. The minimum Gasteiger partial charge on any atom is -0.290 e. The van der Waals surface area contributed by atoms with Crippen molar-refractivity contribution in [3.05, 3.63) is 84.4 Å². The Morgan fingerprint density at radius 1 is 0.952 bits per heavy atom. The van der Waals surface area contributed by atoms with Gasteiger partial charge in [-0.15, -0.1) is 6.58 Å². The van der Waals surface area contributed by atoms with Crippen molar-refractivity contribution >= 4 is 0 Å². The van der Waals surface area contributed by atoms with Crippen molar-refractivity contribution in [2.45, 2.75) is 31.3 Å². The fourth-order valence-corrected chi connectivity index (χ4v) is 3.45. The van der Waals surface area contributed by atoms with E-state index in [1.165, 1.54) is 24.0 Å². The van der Waals surface area contributed by atoms with E-state index in [0.717, 1.165) is 19.5 Å². The minimum absolute atomic E-state index is 0.108. The van der Waals surface area contributed by atoms with E-state index in [0.29, 0.717) is 0 Å². The van der Waals surface area contributed by atoms with E-state index in [-0.39, 0.29) is 5.54 Å². The van der Waals surface area contributed by atoms with Crippen LogP contribution in [0.15, 0.2) is 73.3 Å². The van der Waals surface area contributed by atoms with Crippen LogP contribution in [0.1, 0.15) is 24.0 Å². The van der Waals surface area contributed by atoms with Gasteiger partial charge in [0, 0.05) is 12.1 Å². The second-order valence-electron chi connectivity index (χ2n) is 5.98. The largest absolute Gasteiger partial charge is 0.290 e. The van der Waals surface area contributed by atoms with Crippen molar-refractivity contribution in [2.75, 3.05) is 6.54 Å². The molecule has 0 aliphatic carbocycles. The van der Waals surface area contributed by atoms with Crippen LogP contribution in [-0.2, 0) is 13.0 Å². The summed E-state index contributed by atoms with van der Waals surface area (Å²) >= 11 is 0. The SMILES string of the molecule is C=CC1(Cc2ccccc2)CCCN1Cc1ccccc1. The summed E-state index contributed by atoms with van der Waals surface area (Å²) in [6.45, 7) is 6.34. The standard InChI is InChI=1S/C20H23N/c1-2-20(16-18-10-5-3-6-11-18)14-9-15-21(20)17-19-12-7-4-8-13-19/h2-8,10-13H,1,9,14-17H2. The molecule has 1 heteroatoms. The number of nitrogens with zero attached hydrogens (tertiary/aromatic N) is 1. The highest BCUT2D eigenvalue weighted by molar-refractivity contribution is 5.23. The van der Waals surface area contributed by atoms with Gasteiger partial charge in [-0.3, -0.25) is 4.90 Å². The Bertz CT molecular complexity index is 575. The second-order valence-corrected chi connectivity index (χ2v) is 5.98. The molecule has 21 heavy (non-hydrogen) atoms. The first-order chi connectivity index (χ1) is 10.3. The first-order valence-corrected chi connectivity index (χ1v) is 7.79. The lowest BCUT2D eigenvalue weighted by Crippen LogP contribution is -2.43. The van der Waals surface area contributed by atoms with E-state index in [1.54, 1.807) is 0 Å². The van der Waals surface area contributed by atoms with Crippen LogP contribution < -0.4 is 0 Å². The van der Waals surface area contributed by atoms with Gasteiger partial charge in [-0.2, -0.15) is 0 Å². The van der Waals surface area contributed by atoms with Gasteiger partial charge in [-0.1, -0.05) is 66.7 Å². The van der Waals surface area contributed by atoms with Crippen LogP contribution in [0, 0.1) is 0 Å². The number of rotatable bonds is 5. The first-order valence-electron chi connectivity index (χ1n) is 7.79. The molecule has 1 aliphatic rings. The molecular weight excluding hydrogens is 254 g/mol. The molecule has 1 unspecified atom stereocenters. The number of hydrogen-bond acceptors (Lipinski definition) is 1. The third-order valence-corrected chi connectivity index (χ3v) is 4.62. The summed E-state index contributed by atoms with van der Waals surface area (Å²) in [5.41, 5.74) is 2.90. The highest BCUT2D eigenvalue weighted by Gasteiger charge is 2.38. The summed E-state index contributed by atoms with van der Waals surface area (Å²) in [7, 11) is 0. The fourth-order valence-electron chi connectivity index (χ4n) is 3.45. The summed E-state index contributed by atoms with van der Waals surface area (Å²) in [6.07, 6.45) is 5.70. The third kappa shape index (κ3) is 3.08. The summed E-state index contributed by atoms with van der Waals surface area (Å²) in [4.78, 5) is 2.60. The van der Waals surface area contributed by atoms with Crippen molar-refractivity contribution in [1.29, 1.82) is 0 Å². The van der Waals surface area contributed by atoms with Crippen LogP contribution in [0.5, 0.6) is 0 Å². The Balaban J connectivity index is 1.81. The molecule has 1 aliphatic heterocycles. The average Bonchev–Trinajstić information content (AvgIpc) is 2.92. The van der Waals surface area contributed by atoms with Gasteiger partial charge in [0.2, 0.25) is 0 Å². The summed E-state index contributed by atoms with van der Waals surface area (Å²) < 4.78 is 0. The van der Waals surface area contributed by atoms with E-state index in [4.69, 9.17) is 0 Å². The first kappa shape index (κ1) is 14.1. The maximum atomic E-state index is 4.16. The van der Waals surface area contributed by atoms with Crippen molar-refractivity contribution in [3.8, 4) is 0 Å². The molecule has 1 fully saturated rings. The Labute approximate surface area is 127 Å². The lowest BCUT2D eigenvalue weighted by Gasteiger charge is -2.36. The molecule has 0 radical (unpaired) electrons. The topological polar surface area (TPSA) is 3.24 Å². The zero-order chi connectivity index (χ0) is 14.5. The van der Waals surface area contributed by atoms with Gasteiger partial charge in [-0.25, -0.2) is 0 Å². The molecule has 2 aromatic carbocycles. The molecule has 0 saturated carbocycles. The Morgan fingerprint density at radius 2 is 1.57 bits per heavy atom. The van der Waals surface area contributed by atoms with Crippen LogP contribution in [-0.4, -0.2) is 17.0 Å². The van der Waals surface area contributed by atoms with E-state index >= 15 is 0 Å². The third-order valence-electron chi connectivity index (χ3n) is 4.62. The molecular formula is C20H23N. The van der Waals surface area contributed by atoms with Crippen LogP contribution in [0.25, 0.3) is 0 Å². The second kappa shape index (κ2) is 6.28. The average molecular weight is 277 g/mol. The monoisotopic (exact) mass is 277 g/mol. The Hall–Kier alpha value is -1.86. The van der Waals surface area contributed by atoms with Gasteiger partial charge in [0.05, 0.1) is 0 Å². The van der Waals surface area contributed by atoms with Crippen LogP contribution >= 0.6 is 0 Å². The van der Waals surface area contributed by atoms with Gasteiger partial charge in [-0.05, 0) is 36.9 Å². The summed E-state index contributed by atoms with van der Waals surface area (Å²) in [5.74, 6) is 0. The maximum Gasteiger partial charge on any atom is 0.0433 e. The van der Waals surface area contributed by atoms with Crippen LogP contribution in [0.4, 0.5) is 0 Å². The smallest absolute Gasteiger partial charge is 0.0433 e. The molecule has 1 heterocycles. The molecule has 3 rings (SSSR count). The van der Waals surface area contributed by atoms with Gasteiger partial charge in [0.15, 0.2) is 0 Å². The van der Waals surface area contributed by atoms with Crippen molar-refractivity contribution in [2.24, 2.45) is 0 Å². The lowest BCUT2D eigenvalue weighted by atomic mass is 9.88. The normalized spacial score (nSPS) is 22.3. The Morgan fingerprint density at radius 3 is 2.19 bits per heavy atom. The molecule has 0 spiro atoms. The predicted molar refractivity (Wildman–Crippen MR) is 89.2 cm³/mol. The number of hydrogen-bond donors (Lipinski definition) is 0. The molecule has 0 amide bonds. The maximum absolute atomic E-state index is 4.16. The molecule has 0 aromatic heterocycles. The van der Waals surface area contributed by atoms with Gasteiger partial charge in [0.1, 0.15) is 0 Å². The van der Waals surface area contributed by atoms with Crippen molar-refractivity contribution < 1.29 is 0 Å².